The summed E-state index contributed by atoms with van der Waals surface area (Å²) in [7, 11) is -3.85. The molecule has 1 saturated heterocycles. The zero-order valence-electron chi connectivity index (χ0n) is 10.7. The van der Waals surface area contributed by atoms with Crippen LogP contribution in [0, 0.1) is 5.82 Å². The van der Waals surface area contributed by atoms with Crippen LogP contribution in [0.3, 0.4) is 0 Å². The second-order valence-electron chi connectivity index (χ2n) is 4.44. The maximum Gasteiger partial charge on any atom is 0.246 e. The molecule has 1 fully saturated rings. The van der Waals surface area contributed by atoms with Gasteiger partial charge in [0.05, 0.1) is 13.2 Å². The Hall–Kier alpha value is -1.18. The Labute approximate surface area is 112 Å². The Balaban J connectivity index is 2.40. The third-order valence-electron chi connectivity index (χ3n) is 3.19. The number of hydrogen-bond donors (Lipinski definition) is 1. The Bertz CT molecular complexity index is 562. The highest BCUT2D eigenvalue weighted by Gasteiger charge is 2.34. The molecule has 5 nitrogen and oxygen atoms in total. The zero-order chi connectivity index (χ0) is 14.0. The van der Waals surface area contributed by atoms with E-state index in [1.54, 1.807) is 0 Å². The molecule has 2 rings (SSSR count). The molecule has 0 spiro atoms. The van der Waals surface area contributed by atoms with Crippen molar-refractivity contribution >= 4 is 15.7 Å². The first-order chi connectivity index (χ1) is 8.96. The van der Waals surface area contributed by atoms with Crippen molar-refractivity contribution in [2.75, 3.05) is 25.5 Å². The lowest BCUT2D eigenvalue weighted by Crippen LogP contribution is -2.48. The van der Waals surface area contributed by atoms with E-state index in [1.807, 2.05) is 6.92 Å². The zero-order valence-corrected chi connectivity index (χ0v) is 11.5. The molecule has 0 aliphatic carbocycles. The summed E-state index contributed by atoms with van der Waals surface area (Å²) in [6.45, 7) is 2.78. The van der Waals surface area contributed by atoms with E-state index in [1.165, 1.54) is 16.4 Å². The smallest absolute Gasteiger partial charge is 0.246 e. The Morgan fingerprint density at radius 2 is 2.26 bits per heavy atom. The summed E-state index contributed by atoms with van der Waals surface area (Å²) < 4.78 is 45.3. The number of sulfonamides is 1. The average Bonchev–Trinajstić information content (AvgIpc) is 2.38. The lowest BCUT2D eigenvalue weighted by atomic mass is 10.2. The van der Waals surface area contributed by atoms with Crippen molar-refractivity contribution in [3.8, 4) is 0 Å². The van der Waals surface area contributed by atoms with E-state index >= 15 is 0 Å². The van der Waals surface area contributed by atoms with Crippen LogP contribution in [0.25, 0.3) is 0 Å². The number of benzene rings is 1. The van der Waals surface area contributed by atoms with Gasteiger partial charge in [0.1, 0.15) is 10.7 Å². The molecule has 0 saturated carbocycles. The number of rotatable bonds is 3. The summed E-state index contributed by atoms with van der Waals surface area (Å²) in [5.41, 5.74) is 5.63. The van der Waals surface area contributed by atoms with Gasteiger partial charge in [-0.3, -0.25) is 0 Å². The van der Waals surface area contributed by atoms with Gasteiger partial charge in [-0.2, -0.15) is 4.31 Å². The predicted octanol–water partition coefficient (Wildman–Crippen LogP) is 1.21. The highest BCUT2D eigenvalue weighted by molar-refractivity contribution is 7.89. The summed E-state index contributed by atoms with van der Waals surface area (Å²) in [5.74, 6) is -0.818. The van der Waals surface area contributed by atoms with E-state index in [0.29, 0.717) is 19.6 Å². The number of morpholine rings is 1. The normalized spacial score (nSPS) is 21.5. The van der Waals surface area contributed by atoms with Crippen LogP contribution in [-0.4, -0.2) is 38.5 Å². The minimum atomic E-state index is -3.85. The van der Waals surface area contributed by atoms with Crippen LogP contribution in [-0.2, 0) is 14.8 Å². The fraction of sp³-hybridized carbons (Fsp3) is 0.500. The highest BCUT2D eigenvalue weighted by atomic mass is 32.2. The summed E-state index contributed by atoms with van der Waals surface area (Å²) in [4.78, 5) is -0.331. The van der Waals surface area contributed by atoms with Gasteiger partial charge in [-0.1, -0.05) is 6.92 Å². The van der Waals surface area contributed by atoms with E-state index in [2.05, 4.69) is 0 Å². The van der Waals surface area contributed by atoms with Crippen molar-refractivity contribution in [1.82, 2.24) is 4.31 Å². The first-order valence-corrected chi connectivity index (χ1v) is 7.55. The van der Waals surface area contributed by atoms with E-state index in [4.69, 9.17) is 10.5 Å². The number of anilines is 1. The monoisotopic (exact) mass is 288 g/mol. The van der Waals surface area contributed by atoms with Crippen LogP contribution >= 0.6 is 0 Å². The van der Waals surface area contributed by atoms with Crippen LogP contribution in [0.1, 0.15) is 13.3 Å². The molecule has 1 aromatic rings. The maximum absolute atomic E-state index is 13.8. The topological polar surface area (TPSA) is 72.6 Å². The molecule has 7 heteroatoms. The van der Waals surface area contributed by atoms with Gasteiger partial charge in [-0.15, -0.1) is 0 Å². The van der Waals surface area contributed by atoms with Crippen LogP contribution in [0.15, 0.2) is 23.1 Å². The van der Waals surface area contributed by atoms with Crippen molar-refractivity contribution in [3.05, 3.63) is 24.0 Å². The molecule has 1 heterocycles. The number of halogens is 1. The van der Waals surface area contributed by atoms with Crippen molar-refractivity contribution in [3.63, 3.8) is 0 Å². The van der Waals surface area contributed by atoms with Crippen LogP contribution in [0.4, 0.5) is 10.1 Å². The number of nitrogens with zero attached hydrogens (tertiary/aromatic N) is 1. The van der Waals surface area contributed by atoms with Gasteiger partial charge in [-0.05, 0) is 24.6 Å². The largest absolute Gasteiger partial charge is 0.399 e. The van der Waals surface area contributed by atoms with Crippen molar-refractivity contribution in [2.45, 2.75) is 24.3 Å². The second-order valence-corrected chi connectivity index (χ2v) is 6.30. The van der Waals surface area contributed by atoms with E-state index < -0.39 is 15.8 Å². The number of nitrogens with two attached hydrogens (primary N) is 1. The standard InChI is InChI=1S/C12H17FN2O3S/c1-2-10-8-18-6-5-15(10)19(16,17)12-4-3-9(14)7-11(12)13/h3-4,7,10H,2,5-6,8,14H2,1H3. The van der Waals surface area contributed by atoms with Crippen molar-refractivity contribution in [2.24, 2.45) is 0 Å². The summed E-state index contributed by atoms with van der Waals surface area (Å²) in [6.07, 6.45) is 0.621. The van der Waals surface area contributed by atoms with E-state index in [9.17, 15) is 12.8 Å². The molecule has 1 aromatic carbocycles. The molecule has 106 valence electrons. The van der Waals surface area contributed by atoms with Gasteiger partial charge in [0.2, 0.25) is 10.0 Å². The molecular weight excluding hydrogens is 271 g/mol. The van der Waals surface area contributed by atoms with Gasteiger partial charge in [0.15, 0.2) is 0 Å². The Morgan fingerprint density at radius 3 is 2.89 bits per heavy atom. The summed E-state index contributed by atoms with van der Waals surface area (Å²) in [6, 6.07) is 3.36. The third-order valence-corrected chi connectivity index (χ3v) is 5.17. The molecule has 1 unspecified atom stereocenters. The fourth-order valence-corrected chi connectivity index (χ4v) is 3.85. The predicted molar refractivity (Wildman–Crippen MR) is 69.6 cm³/mol. The van der Waals surface area contributed by atoms with Gasteiger partial charge in [0, 0.05) is 18.3 Å². The SMILES string of the molecule is CCC1COCCN1S(=O)(=O)c1ccc(N)cc1F. The maximum atomic E-state index is 13.8. The van der Waals surface area contributed by atoms with Gasteiger partial charge >= 0.3 is 0 Å². The average molecular weight is 288 g/mol. The minimum absolute atomic E-state index is 0.200. The van der Waals surface area contributed by atoms with Crippen LogP contribution in [0.2, 0.25) is 0 Å². The minimum Gasteiger partial charge on any atom is -0.399 e. The fourth-order valence-electron chi connectivity index (χ4n) is 2.13. The lowest BCUT2D eigenvalue weighted by molar-refractivity contribution is 0.0313. The molecule has 0 radical (unpaired) electrons. The van der Waals surface area contributed by atoms with Crippen LogP contribution in [0.5, 0.6) is 0 Å². The van der Waals surface area contributed by atoms with Gasteiger partial charge < -0.3 is 10.5 Å². The first-order valence-electron chi connectivity index (χ1n) is 6.11. The lowest BCUT2D eigenvalue weighted by Gasteiger charge is -2.34. The Kier molecular flexibility index (Phi) is 4.07. The molecule has 1 aliphatic heterocycles. The van der Waals surface area contributed by atoms with Gasteiger partial charge in [-0.25, -0.2) is 12.8 Å². The third kappa shape index (κ3) is 2.72. The van der Waals surface area contributed by atoms with Crippen molar-refractivity contribution in [1.29, 1.82) is 0 Å². The number of ether oxygens (including phenoxy) is 1. The Morgan fingerprint density at radius 1 is 1.53 bits per heavy atom. The first kappa shape index (κ1) is 14.2. The molecule has 0 aromatic heterocycles. The highest BCUT2D eigenvalue weighted by Crippen LogP contribution is 2.25. The summed E-state index contributed by atoms with van der Waals surface area (Å²) >= 11 is 0. The van der Waals surface area contributed by atoms with E-state index in [-0.39, 0.29) is 23.2 Å². The van der Waals surface area contributed by atoms with Crippen LogP contribution < -0.4 is 5.73 Å². The molecule has 1 aliphatic rings. The molecule has 19 heavy (non-hydrogen) atoms. The molecule has 1 atom stereocenters. The molecule has 0 bridgehead atoms. The second kappa shape index (κ2) is 5.44. The van der Waals surface area contributed by atoms with Gasteiger partial charge in [0.25, 0.3) is 0 Å². The van der Waals surface area contributed by atoms with E-state index in [0.717, 1.165) is 6.07 Å². The number of nitrogen functional groups attached to an aromatic ring is 1. The number of hydrogen-bond acceptors (Lipinski definition) is 4. The molecule has 2 N–H and O–H groups in total. The summed E-state index contributed by atoms with van der Waals surface area (Å²) in [5, 5.41) is 0. The molecule has 0 amide bonds. The quantitative estimate of drug-likeness (QED) is 0.848. The van der Waals surface area contributed by atoms with Crippen molar-refractivity contribution < 1.29 is 17.5 Å². The molecular formula is C12H17FN2O3S.